The summed E-state index contributed by atoms with van der Waals surface area (Å²) in [4.78, 5) is 2.77. The third-order valence-electron chi connectivity index (χ3n) is 4.74. The molecule has 2 rings (SSSR count). The topological polar surface area (TPSA) is 29.3 Å². The molecule has 0 aromatic heterocycles. The van der Waals surface area contributed by atoms with Crippen molar-refractivity contribution in [3.8, 4) is 0 Å². The predicted molar refractivity (Wildman–Crippen MR) is 69.4 cm³/mol. The quantitative estimate of drug-likeness (QED) is 0.795. The number of likely N-dealkylation sites (tertiary alicyclic amines) is 1. The zero-order valence-corrected chi connectivity index (χ0v) is 10.8. The Morgan fingerprint density at radius 3 is 2.81 bits per heavy atom. The summed E-state index contributed by atoms with van der Waals surface area (Å²) in [5.41, 5.74) is 5.66. The molecule has 1 heterocycles. The molecule has 0 radical (unpaired) electrons. The van der Waals surface area contributed by atoms with E-state index in [1.807, 2.05) is 0 Å². The van der Waals surface area contributed by atoms with Crippen LogP contribution in [0.25, 0.3) is 0 Å². The van der Waals surface area contributed by atoms with Crippen LogP contribution in [-0.2, 0) is 0 Å². The Kier molecular flexibility index (Phi) is 4.66. The largest absolute Gasteiger partial charge is 0.330 e. The molecule has 3 atom stereocenters. The van der Waals surface area contributed by atoms with Crippen molar-refractivity contribution in [2.45, 2.75) is 57.9 Å². The Labute approximate surface area is 101 Å². The second-order valence-electron chi connectivity index (χ2n) is 5.82. The summed E-state index contributed by atoms with van der Waals surface area (Å²) in [6.45, 7) is 5.90. The Bertz CT molecular complexity index is 205. The molecule has 0 aromatic carbocycles. The molecule has 0 amide bonds. The third-order valence-corrected chi connectivity index (χ3v) is 4.74. The van der Waals surface area contributed by atoms with Gasteiger partial charge in [0, 0.05) is 12.6 Å². The van der Waals surface area contributed by atoms with Crippen molar-refractivity contribution < 1.29 is 0 Å². The van der Waals surface area contributed by atoms with Gasteiger partial charge >= 0.3 is 0 Å². The summed E-state index contributed by atoms with van der Waals surface area (Å²) in [5.74, 6) is 1.90. The van der Waals surface area contributed by atoms with Crippen molar-refractivity contribution in [1.29, 1.82) is 0 Å². The number of nitrogens with two attached hydrogens (primary N) is 1. The van der Waals surface area contributed by atoms with Gasteiger partial charge in [-0.2, -0.15) is 0 Å². The highest BCUT2D eigenvalue weighted by Crippen LogP contribution is 2.32. The van der Waals surface area contributed by atoms with Crippen LogP contribution in [-0.4, -0.2) is 30.6 Å². The van der Waals surface area contributed by atoms with Crippen molar-refractivity contribution in [2.75, 3.05) is 19.6 Å². The minimum Gasteiger partial charge on any atom is -0.330 e. The molecule has 0 bridgehead atoms. The van der Waals surface area contributed by atoms with Crippen LogP contribution in [0, 0.1) is 11.8 Å². The Morgan fingerprint density at radius 2 is 2.06 bits per heavy atom. The van der Waals surface area contributed by atoms with Crippen LogP contribution in [0.15, 0.2) is 0 Å². The third kappa shape index (κ3) is 2.98. The zero-order chi connectivity index (χ0) is 11.4. The molecule has 0 spiro atoms. The van der Waals surface area contributed by atoms with Gasteiger partial charge in [-0.3, -0.25) is 0 Å². The first-order valence-corrected chi connectivity index (χ1v) is 7.27. The molecule has 2 heteroatoms. The van der Waals surface area contributed by atoms with Crippen molar-refractivity contribution in [3.05, 3.63) is 0 Å². The van der Waals surface area contributed by atoms with E-state index in [9.17, 15) is 0 Å². The van der Waals surface area contributed by atoms with Gasteiger partial charge in [-0.15, -0.1) is 0 Å². The molecule has 1 saturated carbocycles. The van der Waals surface area contributed by atoms with E-state index < -0.39 is 0 Å². The molecule has 2 aliphatic rings. The smallest absolute Gasteiger partial charge is 0.00980 e. The normalized spacial score (nSPS) is 36.8. The lowest BCUT2D eigenvalue weighted by atomic mass is 9.83. The summed E-state index contributed by atoms with van der Waals surface area (Å²) < 4.78 is 0. The molecule has 1 aliphatic carbocycles. The molecule has 94 valence electrons. The highest BCUT2D eigenvalue weighted by molar-refractivity contribution is 4.85. The number of nitrogens with zero attached hydrogens (tertiary/aromatic N) is 1. The van der Waals surface area contributed by atoms with Gasteiger partial charge in [0.2, 0.25) is 0 Å². The van der Waals surface area contributed by atoms with Gasteiger partial charge in [-0.1, -0.05) is 26.2 Å². The fourth-order valence-corrected chi connectivity index (χ4v) is 3.63. The van der Waals surface area contributed by atoms with E-state index in [2.05, 4.69) is 11.8 Å². The lowest BCUT2D eigenvalue weighted by Crippen LogP contribution is -2.37. The van der Waals surface area contributed by atoms with Gasteiger partial charge < -0.3 is 10.6 Å². The highest BCUT2D eigenvalue weighted by atomic mass is 15.2. The van der Waals surface area contributed by atoms with Gasteiger partial charge in [0.25, 0.3) is 0 Å². The summed E-state index contributed by atoms with van der Waals surface area (Å²) in [6, 6.07) is 0.904. The minimum absolute atomic E-state index is 0.876. The summed E-state index contributed by atoms with van der Waals surface area (Å²) in [7, 11) is 0. The predicted octanol–water partition coefficient (Wildman–Crippen LogP) is 2.63. The first-order valence-electron chi connectivity index (χ1n) is 7.27. The van der Waals surface area contributed by atoms with E-state index >= 15 is 0 Å². The van der Waals surface area contributed by atoms with Crippen LogP contribution >= 0.6 is 0 Å². The molecule has 1 aliphatic heterocycles. The molecule has 16 heavy (non-hydrogen) atoms. The van der Waals surface area contributed by atoms with Crippen molar-refractivity contribution in [3.63, 3.8) is 0 Å². The van der Waals surface area contributed by atoms with Crippen LogP contribution in [0.3, 0.4) is 0 Å². The van der Waals surface area contributed by atoms with E-state index in [0.717, 1.165) is 24.4 Å². The molecular formula is C14H28N2. The lowest BCUT2D eigenvalue weighted by Gasteiger charge is -2.35. The van der Waals surface area contributed by atoms with Crippen molar-refractivity contribution in [1.82, 2.24) is 4.90 Å². The second kappa shape index (κ2) is 6.02. The van der Waals surface area contributed by atoms with Crippen LogP contribution < -0.4 is 5.73 Å². The Morgan fingerprint density at radius 1 is 1.19 bits per heavy atom. The van der Waals surface area contributed by atoms with E-state index in [1.54, 1.807) is 0 Å². The standard InChI is InChI=1S/C14H28N2/c1-2-12-4-3-5-14(10-12)16-9-7-13(11-16)6-8-15/h12-14H,2-11,15H2,1H3. The van der Waals surface area contributed by atoms with Crippen molar-refractivity contribution >= 4 is 0 Å². The first-order chi connectivity index (χ1) is 7.83. The first kappa shape index (κ1) is 12.4. The van der Waals surface area contributed by atoms with Crippen LogP contribution in [0.4, 0.5) is 0 Å². The molecule has 2 fully saturated rings. The van der Waals surface area contributed by atoms with Crippen LogP contribution in [0.5, 0.6) is 0 Å². The van der Waals surface area contributed by atoms with E-state index in [-0.39, 0.29) is 0 Å². The van der Waals surface area contributed by atoms with Gasteiger partial charge in [-0.05, 0) is 50.6 Å². The maximum atomic E-state index is 5.66. The van der Waals surface area contributed by atoms with Gasteiger partial charge in [0.1, 0.15) is 0 Å². The molecule has 2 nitrogen and oxygen atoms in total. The second-order valence-corrected chi connectivity index (χ2v) is 5.82. The van der Waals surface area contributed by atoms with E-state index in [0.29, 0.717) is 0 Å². The molecule has 0 aromatic rings. The Hall–Kier alpha value is -0.0800. The SMILES string of the molecule is CCC1CCCC(N2CCC(CCN)C2)C1. The highest BCUT2D eigenvalue weighted by Gasteiger charge is 2.30. The minimum atomic E-state index is 0.876. The Balaban J connectivity index is 1.79. The number of hydrogen-bond acceptors (Lipinski definition) is 2. The summed E-state index contributed by atoms with van der Waals surface area (Å²) in [5, 5.41) is 0. The van der Waals surface area contributed by atoms with E-state index in [4.69, 9.17) is 5.73 Å². The van der Waals surface area contributed by atoms with E-state index in [1.165, 1.54) is 58.0 Å². The zero-order valence-electron chi connectivity index (χ0n) is 10.8. The average molecular weight is 224 g/mol. The molecule has 3 unspecified atom stereocenters. The van der Waals surface area contributed by atoms with Gasteiger partial charge in [0.15, 0.2) is 0 Å². The number of rotatable bonds is 4. The van der Waals surface area contributed by atoms with Crippen molar-refractivity contribution in [2.24, 2.45) is 17.6 Å². The maximum absolute atomic E-state index is 5.66. The lowest BCUT2D eigenvalue weighted by molar-refractivity contribution is 0.150. The van der Waals surface area contributed by atoms with Gasteiger partial charge in [0.05, 0.1) is 0 Å². The molecular weight excluding hydrogens is 196 g/mol. The number of hydrogen-bond donors (Lipinski definition) is 1. The molecule has 2 N–H and O–H groups in total. The monoisotopic (exact) mass is 224 g/mol. The van der Waals surface area contributed by atoms with Crippen LogP contribution in [0.2, 0.25) is 0 Å². The fourth-order valence-electron chi connectivity index (χ4n) is 3.63. The average Bonchev–Trinajstić information content (AvgIpc) is 2.78. The van der Waals surface area contributed by atoms with Gasteiger partial charge in [-0.25, -0.2) is 0 Å². The summed E-state index contributed by atoms with van der Waals surface area (Å²) in [6.07, 6.45) is 9.87. The fraction of sp³-hybridized carbons (Fsp3) is 1.00. The van der Waals surface area contributed by atoms with Crippen LogP contribution in [0.1, 0.15) is 51.9 Å². The maximum Gasteiger partial charge on any atom is 0.00980 e. The summed E-state index contributed by atoms with van der Waals surface area (Å²) >= 11 is 0. The molecule has 1 saturated heterocycles.